The van der Waals surface area contributed by atoms with Crippen LogP contribution in [0.25, 0.3) is 0 Å². The number of hydrogen-bond acceptors (Lipinski definition) is 6. The molecule has 7 nitrogen and oxygen atoms in total. The van der Waals surface area contributed by atoms with Crippen LogP contribution in [-0.4, -0.2) is 42.9 Å². The van der Waals surface area contributed by atoms with Gasteiger partial charge in [-0.25, -0.2) is 14.0 Å². The van der Waals surface area contributed by atoms with Gasteiger partial charge in [-0.05, 0) is 50.2 Å². The summed E-state index contributed by atoms with van der Waals surface area (Å²) < 4.78 is 65.8. The van der Waals surface area contributed by atoms with Crippen molar-refractivity contribution in [2.75, 3.05) is 18.5 Å². The fourth-order valence-corrected chi connectivity index (χ4v) is 2.63. The number of carbonyl (C=O) groups is 3. The highest BCUT2D eigenvalue weighted by Gasteiger charge is 2.63. The maximum atomic E-state index is 14.2. The van der Waals surface area contributed by atoms with Crippen molar-refractivity contribution in [1.82, 2.24) is 5.32 Å². The predicted octanol–water partition coefficient (Wildman–Crippen LogP) is 3.67. The molecule has 0 radical (unpaired) electrons. The lowest BCUT2D eigenvalue weighted by atomic mass is 10.1. The number of alkyl halides is 3. The summed E-state index contributed by atoms with van der Waals surface area (Å²) in [7, 11) is 0. The van der Waals surface area contributed by atoms with Gasteiger partial charge < -0.3 is 20.1 Å². The quantitative estimate of drug-likeness (QED) is 0.358. The third-order valence-electron chi connectivity index (χ3n) is 4.15. The van der Waals surface area contributed by atoms with Crippen LogP contribution in [0.4, 0.5) is 23.2 Å². The first-order valence-corrected chi connectivity index (χ1v) is 9.42. The first-order valence-electron chi connectivity index (χ1n) is 9.42. The first-order chi connectivity index (χ1) is 15.1. The lowest BCUT2D eigenvalue weighted by molar-refractivity contribution is -0.204. The normalized spacial score (nSPS) is 12.9. The maximum absolute atomic E-state index is 14.2. The van der Waals surface area contributed by atoms with E-state index in [-0.39, 0.29) is 17.9 Å². The molecule has 32 heavy (non-hydrogen) atoms. The largest absolute Gasteiger partial charge is 0.463 e. The molecule has 0 heterocycles. The number of rotatable bonds is 8. The molecule has 2 N–H and O–H groups in total. The Labute approximate surface area is 180 Å². The van der Waals surface area contributed by atoms with E-state index >= 15 is 0 Å². The van der Waals surface area contributed by atoms with E-state index < -0.39 is 47.7 Å². The number of esters is 2. The maximum Gasteiger partial charge on any atom is 0.441 e. The van der Waals surface area contributed by atoms with Gasteiger partial charge in [-0.3, -0.25) is 4.79 Å². The molecule has 0 aliphatic carbocycles. The average molecular weight is 456 g/mol. The van der Waals surface area contributed by atoms with Crippen molar-refractivity contribution >= 4 is 23.5 Å². The Morgan fingerprint density at radius 2 is 1.50 bits per heavy atom. The highest BCUT2D eigenvalue weighted by molar-refractivity contribution is 5.99. The minimum Gasteiger partial charge on any atom is -0.463 e. The van der Waals surface area contributed by atoms with Gasteiger partial charge in [0.2, 0.25) is 0 Å². The first kappa shape index (κ1) is 24.6. The fraction of sp³-hybridized carbons (Fsp3) is 0.286. The Bertz CT molecular complexity index is 979. The summed E-state index contributed by atoms with van der Waals surface area (Å²) in [5.41, 5.74) is -4.67. The van der Waals surface area contributed by atoms with E-state index in [2.05, 4.69) is 4.74 Å². The number of carbonyl (C=O) groups excluding carboxylic acids is 3. The number of nitrogens with one attached hydrogen (secondary N) is 2. The number of amides is 1. The molecule has 0 saturated carbocycles. The topological polar surface area (TPSA) is 93.7 Å². The summed E-state index contributed by atoms with van der Waals surface area (Å²) >= 11 is 0. The molecule has 0 spiro atoms. The molecule has 1 amide bonds. The highest BCUT2D eigenvalue weighted by Crippen LogP contribution is 2.33. The van der Waals surface area contributed by atoms with E-state index in [1.807, 2.05) is 5.32 Å². The van der Waals surface area contributed by atoms with Gasteiger partial charge in [-0.2, -0.15) is 13.2 Å². The molecule has 0 bridgehead atoms. The standard InChI is InChI=1S/C21H20F4N2O5/c1-3-31-18(29)13-9-11-14(12-10-13)26-20(21(23,24)25,19(30)32-4-2)27-17(28)15-7-5-6-8-16(15)22/h5-12,26H,3-4H2,1-2H3,(H,27,28). The zero-order valence-electron chi connectivity index (χ0n) is 17.1. The predicted molar refractivity (Wildman–Crippen MR) is 105 cm³/mol. The molecule has 0 aromatic heterocycles. The summed E-state index contributed by atoms with van der Waals surface area (Å²) in [5, 5.41) is 3.47. The van der Waals surface area contributed by atoms with Gasteiger partial charge in [-0.1, -0.05) is 12.1 Å². The Balaban J connectivity index is 2.48. The summed E-state index contributed by atoms with van der Waals surface area (Å²) in [6.45, 7) is 2.55. The van der Waals surface area contributed by atoms with Gasteiger partial charge in [0.25, 0.3) is 5.91 Å². The molecule has 2 aromatic carbocycles. The summed E-state index contributed by atoms with van der Waals surface area (Å²) in [6, 6.07) is 8.86. The summed E-state index contributed by atoms with van der Waals surface area (Å²) in [4.78, 5) is 36.7. The van der Waals surface area contributed by atoms with Crippen molar-refractivity contribution < 1.29 is 41.4 Å². The van der Waals surface area contributed by atoms with Crippen LogP contribution in [0, 0.1) is 5.82 Å². The lowest BCUT2D eigenvalue weighted by Crippen LogP contribution is -2.69. The molecule has 0 fully saturated rings. The second kappa shape index (κ2) is 10.1. The van der Waals surface area contributed by atoms with E-state index in [0.717, 1.165) is 24.3 Å². The molecule has 0 saturated heterocycles. The molecule has 0 aliphatic heterocycles. The lowest BCUT2D eigenvalue weighted by Gasteiger charge is -2.35. The van der Waals surface area contributed by atoms with Crippen LogP contribution in [0.1, 0.15) is 34.6 Å². The van der Waals surface area contributed by atoms with Gasteiger partial charge in [0.05, 0.1) is 24.3 Å². The minimum atomic E-state index is -5.40. The molecule has 2 aromatic rings. The smallest absolute Gasteiger partial charge is 0.441 e. The number of ether oxygens (including phenoxy) is 2. The second-order valence-corrected chi connectivity index (χ2v) is 6.33. The SMILES string of the molecule is CCOC(=O)c1ccc(NC(NC(=O)c2ccccc2F)(C(=O)OCC)C(F)(F)F)cc1. The molecular weight excluding hydrogens is 436 g/mol. The van der Waals surface area contributed by atoms with Gasteiger partial charge >= 0.3 is 23.8 Å². The van der Waals surface area contributed by atoms with E-state index in [9.17, 15) is 31.9 Å². The molecule has 2 rings (SSSR count). The van der Waals surface area contributed by atoms with Crippen LogP contribution in [0.2, 0.25) is 0 Å². The van der Waals surface area contributed by atoms with Crippen LogP contribution >= 0.6 is 0 Å². The van der Waals surface area contributed by atoms with Crippen molar-refractivity contribution in [3.05, 3.63) is 65.5 Å². The third kappa shape index (κ3) is 5.34. The van der Waals surface area contributed by atoms with E-state index in [0.29, 0.717) is 0 Å². The van der Waals surface area contributed by atoms with Crippen LogP contribution in [0.15, 0.2) is 48.5 Å². The average Bonchev–Trinajstić information content (AvgIpc) is 2.73. The van der Waals surface area contributed by atoms with Gasteiger partial charge in [0.15, 0.2) is 0 Å². The molecule has 172 valence electrons. The summed E-state index contributed by atoms with van der Waals surface area (Å²) in [5.74, 6) is -5.13. The Morgan fingerprint density at radius 3 is 2.03 bits per heavy atom. The van der Waals surface area contributed by atoms with Gasteiger partial charge in [0.1, 0.15) is 5.82 Å². The van der Waals surface area contributed by atoms with Crippen LogP contribution in [-0.2, 0) is 14.3 Å². The van der Waals surface area contributed by atoms with Crippen LogP contribution in [0.3, 0.4) is 0 Å². The van der Waals surface area contributed by atoms with Crippen LogP contribution in [0.5, 0.6) is 0 Å². The zero-order chi connectivity index (χ0) is 23.9. The number of halogens is 4. The van der Waals surface area contributed by atoms with Crippen molar-refractivity contribution in [2.24, 2.45) is 0 Å². The Kier molecular flexibility index (Phi) is 7.79. The van der Waals surface area contributed by atoms with Crippen molar-refractivity contribution in [1.29, 1.82) is 0 Å². The van der Waals surface area contributed by atoms with Gasteiger partial charge in [0, 0.05) is 5.69 Å². The monoisotopic (exact) mass is 456 g/mol. The van der Waals surface area contributed by atoms with Crippen LogP contribution < -0.4 is 10.6 Å². The highest BCUT2D eigenvalue weighted by atomic mass is 19.4. The van der Waals surface area contributed by atoms with Gasteiger partial charge in [-0.15, -0.1) is 0 Å². The molecule has 1 atom stereocenters. The Hall–Kier alpha value is -3.63. The zero-order valence-corrected chi connectivity index (χ0v) is 17.1. The third-order valence-corrected chi connectivity index (χ3v) is 4.15. The second-order valence-electron chi connectivity index (χ2n) is 6.33. The Morgan fingerprint density at radius 1 is 0.906 bits per heavy atom. The summed E-state index contributed by atoms with van der Waals surface area (Å²) in [6.07, 6.45) is -5.40. The molecule has 0 aliphatic rings. The van der Waals surface area contributed by atoms with Crippen molar-refractivity contribution in [2.45, 2.75) is 25.7 Å². The van der Waals surface area contributed by atoms with E-state index in [1.54, 1.807) is 6.92 Å². The number of anilines is 1. The number of benzene rings is 2. The molecule has 11 heteroatoms. The molecule has 1 unspecified atom stereocenters. The molecular formula is C21H20F4N2O5. The van der Waals surface area contributed by atoms with E-state index in [1.165, 1.54) is 36.5 Å². The minimum absolute atomic E-state index is 0.0570. The van der Waals surface area contributed by atoms with Crippen molar-refractivity contribution in [3.63, 3.8) is 0 Å². The van der Waals surface area contributed by atoms with E-state index in [4.69, 9.17) is 4.74 Å². The fourth-order valence-electron chi connectivity index (χ4n) is 2.63. The number of hydrogen-bond donors (Lipinski definition) is 2. The van der Waals surface area contributed by atoms with Crippen molar-refractivity contribution in [3.8, 4) is 0 Å².